The molecule has 2 amide bonds. The van der Waals surface area contributed by atoms with Gasteiger partial charge in [0, 0.05) is 44.9 Å². The molecule has 1 saturated carbocycles. The summed E-state index contributed by atoms with van der Waals surface area (Å²) in [6.07, 6.45) is 3.65. The van der Waals surface area contributed by atoms with Crippen molar-refractivity contribution < 1.29 is 23.8 Å². The van der Waals surface area contributed by atoms with E-state index in [1.54, 1.807) is 21.7 Å². The minimum atomic E-state index is -0.678. The molecule has 1 aliphatic carbocycles. The van der Waals surface area contributed by atoms with E-state index in [-0.39, 0.29) is 29.9 Å². The Labute approximate surface area is 212 Å². The summed E-state index contributed by atoms with van der Waals surface area (Å²) in [6, 6.07) is 2.42. The predicted molar refractivity (Wildman–Crippen MR) is 137 cm³/mol. The number of likely N-dealkylation sites (tertiary alicyclic amines) is 1. The zero-order chi connectivity index (χ0) is 26.4. The lowest BCUT2D eigenvalue weighted by Gasteiger charge is -2.42. The number of anilines is 1. The maximum Gasteiger partial charge on any atom is 0.410 e. The molecule has 3 aliphatic rings. The monoisotopic (exact) mass is 497 g/mol. The Morgan fingerprint density at radius 2 is 1.92 bits per heavy atom. The SMILES string of the molecule is C=CC(=O)N1CCC(=C)C2=C(N(C)c3cc(F)c(C4CC4)cc3O)CCN(C(=O)OC(C)(C)C)C2C1. The van der Waals surface area contributed by atoms with Crippen LogP contribution in [0, 0.1) is 5.82 Å². The quantitative estimate of drug-likeness (QED) is 0.587. The van der Waals surface area contributed by atoms with Crippen LogP contribution >= 0.6 is 0 Å². The molecule has 2 aliphatic heterocycles. The molecule has 2 fully saturated rings. The fraction of sp³-hybridized carbons (Fsp3) is 0.500. The van der Waals surface area contributed by atoms with Gasteiger partial charge in [-0.05, 0) is 74.8 Å². The van der Waals surface area contributed by atoms with Gasteiger partial charge < -0.3 is 19.6 Å². The molecule has 0 aromatic heterocycles. The summed E-state index contributed by atoms with van der Waals surface area (Å²) in [5, 5.41) is 10.8. The van der Waals surface area contributed by atoms with Crippen LogP contribution in [0.5, 0.6) is 5.75 Å². The standard InChI is InChI=1S/C28H36FN3O4/c1-7-25(34)31-12-10-17(2)26-21(11-13-32(23(26)16-31)27(35)36-28(3,4)5)30(6)22-15-20(29)19(14-24(22)33)18-8-9-18/h7,14-15,18,23,33H,1-2,8-13,16H2,3-6H3. The van der Waals surface area contributed by atoms with Crippen molar-refractivity contribution in [3.05, 3.63) is 59.6 Å². The largest absolute Gasteiger partial charge is 0.506 e. The molecule has 0 spiro atoms. The average molecular weight is 498 g/mol. The highest BCUT2D eigenvalue weighted by molar-refractivity contribution is 5.87. The van der Waals surface area contributed by atoms with Crippen molar-refractivity contribution in [2.24, 2.45) is 0 Å². The van der Waals surface area contributed by atoms with Crippen LogP contribution in [0.4, 0.5) is 14.9 Å². The second kappa shape index (κ2) is 9.64. The Bertz CT molecular complexity index is 1130. The van der Waals surface area contributed by atoms with E-state index in [1.807, 2.05) is 20.8 Å². The molecule has 0 radical (unpaired) electrons. The van der Waals surface area contributed by atoms with Crippen LogP contribution in [-0.2, 0) is 9.53 Å². The van der Waals surface area contributed by atoms with E-state index < -0.39 is 17.7 Å². The maximum atomic E-state index is 14.9. The van der Waals surface area contributed by atoms with Gasteiger partial charge in [-0.25, -0.2) is 9.18 Å². The first-order valence-electron chi connectivity index (χ1n) is 12.5. The van der Waals surface area contributed by atoms with Crippen LogP contribution in [0.15, 0.2) is 48.2 Å². The summed E-state index contributed by atoms with van der Waals surface area (Å²) < 4.78 is 20.6. The average Bonchev–Trinajstić information content (AvgIpc) is 3.66. The predicted octanol–water partition coefficient (Wildman–Crippen LogP) is 5.08. The molecular weight excluding hydrogens is 461 g/mol. The van der Waals surface area contributed by atoms with E-state index in [1.165, 1.54) is 18.2 Å². The van der Waals surface area contributed by atoms with E-state index in [0.29, 0.717) is 37.2 Å². The number of carbonyl (C=O) groups is 2. The number of hydrogen-bond acceptors (Lipinski definition) is 5. The number of fused-ring (bicyclic) bond motifs is 1. The highest BCUT2D eigenvalue weighted by atomic mass is 19.1. The number of rotatable bonds is 4. The molecule has 4 rings (SSSR count). The van der Waals surface area contributed by atoms with Gasteiger partial charge in [-0.15, -0.1) is 0 Å². The molecule has 1 unspecified atom stereocenters. The molecule has 1 atom stereocenters. The van der Waals surface area contributed by atoms with Crippen LogP contribution in [0.2, 0.25) is 0 Å². The van der Waals surface area contributed by atoms with Crippen LogP contribution < -0.4 is 4.90 Å². The number of benzene rings is 1. The number of ether oxygens (including phenoxy) is 1. The summed E-state index contributed by atoms with van der Waals surface area (Å²) in [5.41, 5.74) is 2.69. The number of phenols is 1. The van der Waals surface area contributed by atoms with Gasteiger partial charge in [-0.2, -0.15) is 0 Å². The van der Waals surface area contributed by atoms with Crippen molar-refractivity contribution >= 4 is 17.7 Å². The third kappa shape index (κ3) is 5.13. The third-order valence-corrected chi connectivity index (χ3v) is 7.06. The smallest absolute Gasteiger partial charge is 0.410 e. The number of halogens is 1. The van der Waals surface area contributed by atoms with Gasteiger partial charge in [-0.1, -0.05) is 13.2 Å². The number of aromatic hydroxyl groups is 1. The Morgan fingerprint density at radius 1 is 1.22 bits per heavy atom. The molecule has 194 valence electrons. The third-order valence-electron chi connectivity index (χ3n) is 7.06. The van der Waals surface area contributed by atoms with Crippen LogP contribution in [0.1, 0.15) is 57.9 Å². The molecule has 36 heavy (non-hydrogen) atoms. The van der Waals surface area contributed by atoms with Gasteiger partial charge in [0.25, 0.3) is 0 Å². The summed E-state index contributed by atoms with van der Waals surface area (Å²) in [7, 11) is 1.79. The number of nitrogens with zero attached hydrogens (tertiary/aromatic N) is 3. The van der Waals surface area contributed by atoms with E-state index in [0.717, 1.165) is 29.7 Å². The highest BCUT2D eigenvalue weighted by Crippen LogP contribution is 2.45. The van der Waals surface area contributed by atoms with Crippen LogP contribution in [0.3, 0.4) is 0 Å². The minimum absolute atomic E-state index is 0.0164. The fourth-order valence-corrected chi connectivity index (χ4v) is 5.10. The lowest BCUT2D eigenvalue weighted by Crippen LogP contribution is -2.53. The molecule has 7 nitrogen and oxygen atoms in total. The van der Waals surface area contributed by atoms with E-state index in [4.69, 9.17) is 4.74 Å². The van der Waals surface area contributed by atoms with Crippen molar-refractivity contribution in [1.82, 2.24) is 9.80 Å². The molecule has 1 aromatic carbocycles. The highest BCUT2D eigenvalue weighted by Gasteiger charge is 2.40. The summed E-state index contributed by atoms with van der Waals surface area (Å²) in [4.78, 5) is 30.9. The van der Waals surface area contributed by atoms with Crippen LogP contribution in [-0.4, -0.2) is 65.2 Å². The normalized spacial score (nSPS) is 20.6. The van der Waals surface area contributed by atoms with Crippen molar-refractivity contribution in [1.29, 1.82) is 0 Å². The first-order chi connectivity index (χ1) is 16.9. The van der Waals surface area contributed by atoms with Gasteiger partial charge in [0.15, 0.2) is 0 Å². The Balaban J connectivity index is 1.77. The van der Waals surface area contributed by atoms with Gasteiger partial charge in [0.1, 0.15) is 17.2 Å². The molecule has 1 N–H and O–H groups in total. The van der Waals surface area contributed by atoms with Crippen molar-refractivity contribution in [3.8, 4) is 5.75 Å². The zero-order valence-electron chi connectivity index (χ0n) is 21.6. The van der Waals surface area contributed by atoms with Crippen molar-refractivity contribution in [3.63, 3.8) is 0 Å². The fourth-order valence-electron chi connectivity index (χ4n) is 5.10. The first-order valence-corrected chi connectivity index (χ1v) is 12.5. The molecule has 2 heterocycles. The van der Waals surface area contributed by atoms with Crippen LogP contribution in [0.25, 0.3) is 0 Å². The summed E-state index contributed by atoms with van der Waals surface area (Å²) in [6.45, 7) is 14.4. The van der Waals surface area contributed by atoms with Crippen molar-refractivity contribution in [2.45, 2.75) is 64.0 Å². The van der Waals surface area contributed by atoms with Gasteiger partial charge in [-0.3, -0.25) is 9.69 Å². The van der Waals surface area contributed by atoms with Crippen molar-refractivity contribution in [2.75, 3.05) is 31.6 Å². The van der Waals surface area contributed by atoms with E-state index in [9.17, 15) is 19.1 Å². The lowest BCUT2D eigenvalue weighted by molar-refractivity contribution is -0.126. The second-order valence-corrected chi connectivity index (χ2v) is 10.8. The number of phenolic OH excluding ortho intramolecular Hbond substituents is 1. The lowest BCUT2D eigenvalue weighted by atomic mass is 9.90. The van der Waals surface area contributed by atoms with E-state index in [2.05, 4.69) is 13.2 Å². The number of amides is 2. The zero-order valence-corrected chi connectivity index (χ0v) is 21.6. The molecule has 1 aromatic rings. The summed E-state index contributed by atoms with van der Waals surface area (Å²) >= 11 is 0. The van der Waals surface area contributed by atoms with Gasteiger partial charge >= 0.3 is 6.09 Å². The Kier molecular flexibility index (Phi) is 6.90. The second-order valence-electron chi connectivity index (χ2n) is 10.8. The van der Waals surface area contributed by atoms with E-state index >= 15 is 0 Å². The minimum Gasteiger partial charge on any atom is -0.506 e. The van der Waals surface area contributed by atoms with Gasteiger partial charge in [0.2, 0.25) is 5.91 Å². The van der Waals surface area contributed by atoms with Gasteiger partial charge in [0.05, 0.1) is 11.7 Å². The number of carbonyl (C=O) groups excluding carboxylic acids is 2. The molecule has 0 bridgehead atoms. The maximum absolute atomic E-state index is 14.9. The Hall–Kier alpha value is -3.29. The topological polar surface area (TPSA) is 73.3 Å². The number of hydrogen-bond donors (Lipinski definition) is 1. The summed E-state index contributed by atoms with van der Waals surface area (Å²) in [5.74, 6) is -0.353. The molecule has 1 saturated heterocycles. The first kappa shape index (κ1) is 25.8. The molecular formula is C28H36FN3O4. The Morgan fingerprint density at radius 3 is 2.53 bits per heavy atom. The molecule has 8 heteroatoms.